The van der Waals surface area contributed by atoms with Gasteiger partial charge in [0.05, 0.1) is 0 Å². The molecule has 0 aromatic heterocycles. The molecule has 6 heteroatoms. The van der Waals surface area contributed by atoms with Crippen molar-refractivity contribution in [3.8, 4) is 0 Å². The summed E-state index contributed by atoms with van der Waals surface area (Å²) in [5.41, 5.74) is 9.97. The molecule has 1 unspecified atom stereocenters. The maximum absolute atomic E-state index is 12.0. The van der Waals surface area contributed by atoms with Crippen LogP contribution < -0.4 is 11.5 Å². The molecule has 5 N–H and O–H groups in total. The average molecular weight is 441 g/mol. The number of aliphatic carboxylic acids is 1. The van der Waals surface area contributed by atoms with E-state index in [1.54, 1.807) is 0 Å². The van der Waals surface area contributed by atoms with E-state index in [1.165, 1.54) is 83.5 Å². The second kappa shape index (κ2) is 18.3. The Morgan fingerprint density at radius 2 is 1.26 bits per heavy atom. The molecule has 0 amide bonds. The number of nitrogens with zero attached hydrogens (tertiary/aromatic N) is 2. The molecule has 0 aliphatic heterocycles. The smallest absolute Gasteiger partial charge is 0.324 e. The normalized spacial score (nSPS) is 14.4. The second-order valence-corrected chi connectivity index (χ2v) is 9.52. The quantitative estimate of drug-likeness (QED) is 0.123. The van der Waals surface area contributed by atoms with Crippen LogP contribution in [0.2, 0.25) is 0 Å². The van der Waals surface area contributed by atoms with Gasteiger partial charge < -0.3 is 16.6 Å². The van der Waals surface area contributed by atoms with Crippen LogP contribution in [0.5, 0.6) is 0 Å². The van der Waals surface area contributed by atoms with Crippen molar-refractivity contribution in [3.63, 3.8) is 0 Å². The number of carbonyl (C=O) groups is 1. The van der Waals surface area contributed by atoms with Gasteiger partial charge in [0.15, 0.2) is 5.96 Å². The molecule has 2 atom stereocenters. The standard InChI is InChI=1S/C25H52N4O2/c1-5-6-7-8-9-10-11-12-13-14-15-16-17-18-19-22(20-21-28-24(26)27)25(2,23(30)31)29(3)4/h22H,5-21H2,1-4H3,(H,30,31)(H4,26,27,28)/t22?,25-/m0/s1. The molecule has 0 saturated heterocycles. The van der Waals surface area contributed by atoms with Gasteiger partial charge in [-0.3, -0.25) is 14.7 Å². The molecule has 31 heavy (non-hydrogen) atoms. The molecule has 0 bridgehead atoms. The zero-order valence-corrected chi connectivity index (χ0v) is 21.0. The van der Waals surface area contributed by atoms with Crippen molar-refractivity contribution in [3.05, 3.63) is 0 Å². The Balaban J connectivity index is 4.07. The third kappa shape index (κ3) is 13.7. The SMILES string of the molecule is CCCCCCCCCCCCCCCCC(CCN=C(N)N)[C@@](C)(C(=O)O)N(C)C. The van der Waals surface area contributed by atoms with Crippen molar-refractivity contribution >= 4 is 11.9 Å². The van der Waals surface area contributed by atoms with Crippen LogP contribution in [0.25, 0.3) is 0 Å². The first kappa shape index (κ1) is 29.7. The van der Waals surface area contributed by atoms with Crippen LogP contribution in [-0.2, 0) is 4.79 Å². The van der Waals surface area contributed by atoms with Crippen molar-refractivity contribution in [2.45, 2.75) is 122 Å². The van der Waals surface area contributed by atoms with Crippen molar-refractivity contribution in [1.82, 2.24) is 4.90 Å². The predicted molar refractivity (Wildman–Crippen MR) is 133 cm³/mol. The van der Waals surface area contributed by atoms with E-state index in [4.69, 9.17) is 11.5 Å². The van der Waals surface area contributed by atoms with E-state index in [1.807, 2.05) is 25.9 Å². The van der Waals surface area contributed by atoms with Crippen LogP contribution in [0.3, 0.4) is 0 Å². The lowest BCUT2D eigenvalue weighted by molar-refractivity contribution is -0.153. The number of hydrogen-bond donors (Lipinski definition) is 3. The van der Waals surface area contributed by atoms with E-state index in [2.05, 4.69) is 11.9 Å². The van der Waals surface area contributed by atoms with Crippen molar-refractivity contribution in [2.75, 3.05) is 20.6 Å². The van der Waals surface area contributed by atoms with Gasteiger partial charge in [0, 0.05) is 6.54 Å². The summed E-state index contributed by atoms with van der Waals surface area (Å²) in [6.07, 6.45) is 20.1. The number of nitrogens with two attached hydrogens (primary N) is 2. The molecule has 0 saturated carbocycles. The highest BCUT2D eigenvalue weighted by Gasteiger charge is 2.42. The average Bonchev–Trinajstić information content (AvgIpc) is 2.71. The molecule has 0 rings (SSSR count). The first-order chi connectivity index (χ1) is 14.8. The molecule has 0 spiro atoms. The second-order valence-electron chi connectivity index (χ2n) is 9.52. The molecule has 0 fully saturated rings. The molecule has 0 aromatic rings. The summed E-state index contributed by atoms with van der Waals surface area (Å²) in [5.74, 6) is -0.699. The van der Waals surface area contributed by atoms with E-state index in [0.29, 0.717) is 13.0 Å². The predicted octanol–water partition coefficient (Wildman–Crippen LogP) is 5.54. The van der Waals surface area contributed by atoms with Gasteiger partial charge in [0.1, 0.15) is 5.54 Å². The van der Waals surface area contributed by atoms with Crippen LogP contribution in [0.1, 0.15) is 117 Å². The molecule has 0 radical (unpaired) electrons. The third-order valence-corrected chi connectivity index (χ3v) is 6.84. The van der Waals surface area contributed by atoms with Gasteiger partial charge in [-0.2, -0.15) is 0 Å². The Morgan fingerprint density at radius 3 is 1.61 bits per heavy atom. The maximum atomic E-state index is 12.0. The van der Waals surface area contributed by atoms with E-state index >= 15 is 0 Å². The van der Waals surface area contributed by atoms with Crippen LogP contribution in [0, 0.1) is 5.92 Å². The minimum atomic E-state index is -0.907. The molecule has 6 nitrogen and oxygen atoms in total. The summed E-state index contributed by atoms with van der Waals surface area (Å²) < 4.78 is 0. The number of carboxylic acids is 1. The van der Waals surface area contributed by atoms with E-state index < -0.39 is 11.5 Å². The Morgan fingerprint density at radius 1 is 0.839 bits per heavy atom. The molecule has 0 aromatic carbocycles. The number of rotatable bonds is 21. The van der Waals surface area contributed by atoms with E-state index in [9.17, 15) is 9.90 Å². The lowest BCUT2D eigenvalue weighted by Gasteiger charge is -2.39. The van der Waals surface area contributed by atoms with E-state index in [-0.39, 0.29) is 11.9 Å². The number of aliphatic imine (C=N–C) groups is 1. The van der Waals surface area contributed by atoms with Crippen molar-refractivity contribution in [2.24, 2.45) is 22.4 Å². The minimum absolute atomic E-state index is 0.0143. The van der Waals surface area contributed by atoms with Gasteiger partial charge >= 0.3 is 5.97 Å². The van der Waals surface area contributed by atoms with Gasteiger partial charge in [0.25, 0.3) is 0 Å². The summed E-state index contributed by atoms with van der Waals surface area (Å²) in [6, 6.07) is 0. The fourth-order valence-electron chi connectivity index (χ4n) is 4.37. The van der Waals surface area contributed by atoms with Crippen LogP contribution in [0.4, 0.5) is 0 Å². The fourth-order valence-corrected chi connectivity index (χ4v) is 4.37. The Kier molecular flexibility index (Phi) is 17.5. The number of hydrogen-bond acceptors (Lipinski definition) is 3. The topological polar surface area (TPSA) is 105 Å². The fraction of sp³-hybridized carbons (Fsp3) is 0.920. The van der Waals surface area contributed by atoms with E-state index in [0.717, 1.165) is 12.8 Å². The largest absolute Gasteiger partial charge is 0.480 e. The Bertz CT molecular complexity index is 478. The summed E-state index contributed by atoms with van der Waals surface area (Å²) in [4.78, 5) is 17.9. The first-order valence-electron chi connectivity index (χ1n) is 12.7. The van der Waals surface area contributed by atoms with Crippen LogP contribution in [-0.4, -0.2) is 48.1 Å². The maximum Gasteiger partial charge on any atom is 0.324 e. The number of likely N-dealkylation sites (N-methyl/N-ethyl adjacent to an activating group) is 1. The third-order valence-electron chi connectivity index (χ3n) is 6.84. The first-order valence-corrected chi connectivity index (χ1v) is 12.7. The highest BCUT2D eigenvalue weighted by molar-refractivity contribution is 5.78. The van der Waals surface area contributed by atoms with Gasteiger partial charge in [-0.15, -0.1) is 0 Å². The van der Waals surface area contributed by atoms with Gasteiger partial charge in [-0.05, 0) is 39.8 Å². The van der Waals surface area contributed by atoms with Crippen molar-refractivity contribution < 1.29 is 9.90 Å². The number of unbranched alkanes of at least 4 members (excludes halogenated alkanes) is 13. The molecule has 0 aliphatic rings. The molecule has 0 aliphatic carbocycles. The molecular formula is C25H52N4O2. The lowest BCUT2D eigenvalue weighted by atomic mass is 9.78. The number of carboxylic acid groups (broad SMARTS) is 1. The summed E-state index contributed by atoms with van der Waals surface area (Å²) in [7, 11) is 3.68. The highest BCUT2D eigenvalue weighted by atomic mass is 16.4. The molecule has 184 valence electrons. The molecule has 0 heterocycles. The van der Waals surface area contributed by atoms with Crippen LogP contribution >= 0.6 is 0 Å². The highest BCUT2D eigenvalue weighted by Crippen LogP contribution is 2.31. The minimum Gasteiger partial charge on any atom is -0.480 e. The summed E-state index contributed by atoms with van der Waals surface area (Å²) in [6.45, 7) is 4.56. The molecular weight excluding hydrogens is 388 g/mol. The zero-order valence-electron chi connectivity index (χ0n) is 21.0. The van der Waals surface area contributed by atoms with Gasteiger partial charge in [-0.25, -0.2) is 0 Å². The summed E-state index contributed by atoms with van der Waals surface area (Å²) in [5, 5.41) is 9.87. The van der Waals surface area contributed by atoms with Gasteiger partial charge in [-0.1, -0.05) is 96.8 Å². The number of guanidine groups is 1. The zero-order chi connectivity index (χ0) is 23.5. The monoisotopic (exact) mass is 440 g/mol. The summed E-state index contributed by atoms with van der Waals surface area (Å²) >= 11 is 0. The van der Waals surface area contributed by atoms with Crippen LogP contribution in [0.15, 0.2) is 4.99 Å². The Labute approximate surface area is 192 Å². The lowest BCUT2D eigenvalue weighted by Crippen LogP contribution is -2.54. The van der Waals surface area contributed by atoms with Gasteiger partial charge in [0.2, 0.25) is 0 Å². The van der Waals surface area contributed by atoms with Crippen molar-refractivity contribution in [1.29, 1.82) is 0 Å². The Hall–Kier alpha value is -1.30.